The summed E-state index contributed by atoms with van der Waals surface area (Å²) in [6, 6.07) is 11.7. The lowest BCUT2D eigenvalue weighted by atomic mass is 10.1. The van der Waals surface area contributed by atoms with Gasteiger partial charge in [-0.1, -0.05) is 53.2 Å². The minimum absolute atomic E-state index is 0.148. The Hall–Kier alpha value is -2.38. The largest absolute Gasteiger partial charge is 0.324 e. The highest BCUT2D eigenvalue weighted by atomic mass is 35.5. The lowest BCUT2D eigenvalue weighted by molar-refractivity contribution is -0.115. The van der Waals surface area contributed by atoms with Gasteiger partial charge in [0.25, 0.3) is 0 Å². The van der Waals surface area contributed by atoms with Crippen molar-refractivity contribution in [1.29, 1.82) is 0 Å². The van der Waals surface area contributed by atoms with Crippen LogP contribution in [0.25, 0.3) is 11.4 Å². The lowest BCUT2D eigenvalue weighted by Gasteiger charge is -2.11. The quantitative estimate of drug-likeness (QED) is 0.620. The third kappa shape index (κ3) is 4.42. The van der Waals surface area contributed by atoms with Crippen molar-refractivity contribution in [3.63, 3.8) is 0 Å². The van der Waals surface area contributed by atoms with Crippen LogP contribution < -0.4 is 5.32 Å². The van der Waals surface area contributed by atoms with E-state index in [1.54, 1.807) is 6.92 Å². The van der Waals surface area contributed by atoms with Gasteiger partial charge in [0, 0.05) is 5.56 Å². The van der Waals surface area contributed by atoms with Crippen LogP contribution in [0, 0.1) is 12.7 Å². The lowest BCUT2D eigenvalue weighted by Crippen LogP contribution is -2.22. The Morgan fingerprint density at radius 2 is 2.00 bits per heavy atom. The fraction of sp³-hybridized carbons (Fsp3) is 0.167. The molecule has 8 heteroatoms. The second-order valence-corrected chi connectivity index (χ2v) is 7.42. The summed E-state index contributed by atoms with van der Waals surface area (Å²) >= 11 is 7.15. The monoisotopic (exact) mass is 390 g/mol. The average molecular weight is 391 g/mol. The molecule has 0 saturated heterocycles. The summed E-state index contributed by atoms with van der Waals surface area (Å²) in [6.07, 6.45) is 0. The second-order valence-electron chi connectivity index (χ2n) is 5.71. The number of thioether (sulfide) groups is 1. The van der Waals surface area contributed by atoms with Crippen LogP contribution in [0.1, 0.15) is 12.5 Å². The molecule has 0 bridgehead atoms. The van der Waals surface area contributed by atoms with Gasteiger partial charge in [0.15, 0.2) is 5.82 Å². The highest BCUT2D eigenvalue weighted by molar-refractivity contribution is 8.00. The minimum Gasteiger partial charge on any atom is -0.324 e. The van der Waals surface area contributed by atoms with Crippen LogP contribution in [0.3, 0.4) is 0 Å². The average Bonchev–Trinajstić information content (AvgIpc) is 3.06. The van der Waals surface area contributed by atoms with Gasteiger partial charge in [0.1, 0.15) is 5.82 Å². The predicted molar refractivity (Wildman–Crippen MR) is 102 cm³/mol. The molecule has 1 aromatic heterocycles. The number of halogens is 2. The van der Waals surface area contributed by atoms with Crippen molar-refractivity contribution in [3.8, 4) is 11.4 Å². The third-order valence-corrected chi connectivity index (χ3v) is 4.90. The van der Waals surface area contributed by atoms with E-state index >= 15 is 0 Å². The Morgan fingerprint density at radius 3 is 2.69 bits per heavy atom. The van der Waals surface area contributed by atoms with E-state index in [4.69, 9.17) is 11.6 Å². The molecule has 2 N–H and O–H groups in total. The molecule has 0 aliphatic rings. The third-order valence-electron chi connectivity index (χ3n) is 3.63. The summed E-state index contributed by atoms with van der Waals surface area (Å²) in [6.45, 7) is 3.75. The first-order valence-electron chi connectivity index (χ1n) is 7.84. The molecule has 2 aromatic carbocycles. The van der Waals surface area contributed by atoms with Gasteiger partial charge < -0.3 is 5.32 Å². The summed E-state index contributed by atoms with van der Waals surface area (Å²) in [5, 5.41) is 9.85. The van der Waals surface area contributed by atoms with Crippen molar-refractivity contribution >= 4 is 35.0 Å². The molecule has 0 aliphatic heterocycles. The van der Waals surface area contributed by atoms with Crippen LogP contribution in [-0.2, 0) is 4.79 Å². The molecule has 0 unspecified atom stereocenters. The van der Waals surface area contributed by atoms with E-state index in [1.165, 1.54) is 23.9 Å². The van der Waals surface area contributed by atoms with E-state index in [2.05, 4.69) is 20.5 Å². The number of aromatic nitrogens is 3. The number of amides is 1. The van der Waals surface area contributed by atoms with Gasteiger partial charge in [0.05, 0.1) is 16.0 Å². The number of nitrogens with zero attached hydrogens (tertiary/aromatic N) is 2. The standard InChI is InChI=1S/C18H16ClFN4OS/c1-10-3-5-12(6-4-10)16-22-18(24-23-16)26-11(2)17(25)21-15-8-7-13(20)9-14(15)19/h3-9,11H,1-2H3,(H,21,25)(H,22,23,24)/t11-/m0/s1. The molecule has 26 heavy (non-hydrogen) atoms. The molecular weight excluding hydrogens is 375 g/mol. The SMILES string of the molecule is Cc1ccc(-c2nc(S[C@@H](C)C(=O)Nc3ccc(F)cc3Cl)n[nH]2)cc1. The molecule has 0 aliphatic carbocycles. The van der Waals surface area contributed by atoms with E-state index in [9.17, 15) is 9.18 Å². The summed E-state index contributed by atoms with van der Waals surface area (Å²) < 4.78 is 13.1. The maximum atomic E-state index is 13.1. The molecule has 1 heterocycles. The van der Waals surface area contributed by atoms with Crippen LogP contribution in [-0.4, -0.2) is 26.3 Å². The molecule has 3 rings (SSSR count). The molecule has 1 amide bonds. The van der Waals surface area contributed by atoms with E-state index in [-0.39, 0.29) is 10.9 Å². The van der Waals surface area contributed by atoms with Gasteiger partial charge in [-0.05, 0) is 32.0 Å². The molecule has 5 nitrogen and oxygen atoms in total. The second kappa shape index (κ2) is 7.88. The molecule has 0 radical (unpaired) electrons. The Bertz CT molecular complexity index is 929. The number of aromatic amines is 1. The summed E-state index contributed by atoms with van der Waals surface area (Å²) in [4.78, 5) is 16.7. The van der Waals surface area contributed by atoms with Gasteiger partial charge >= 0.3 is 0 Å². The first kappa shape index (κ1) is 18.4. The Morgan fingerprint density at radius 1 is 1.27 bits per heavy atom. The first-order valence-corrected chi connectivity index (χ1v) is 9.10. The van der Waals surface area contributed by atoms with E-state index in [1.807, 2.05) is 31.2 Å². The molecule has 0 fully saturated rings. The zero-order valence-corrected chi connectivity index (χ0v) is 15.7. The van der Waals surface area contributed by atoms with Crippen molar-refractivity contribution in [2.75, 3.05) is 5.32 Å². The van der Waals surface area contributed by atoms with Gasteiger partial charge in [-0.25, -0.2) is 9.37 Å². The van der Waals surface area contributed by atoms with Gasteiger partial charge in [-0.15, -0.1) is 5.10 Å². The van der Waals surface area contributed by atoms with Crippen LogP contribution in [0.5, 0.6) is 0 Å². The van der Waals surface area contributed by atoms with Crippen molar-refractivity contribution < 1.29 is 9.18 Å². The zero-order chi connectivity index (χ0) is 18.7. The van der Waals surface area contributed by atoms with Crippen LogP contribution in [0.2, 0.25) is 5.02 Å². The van der Waals surface area contributed by atoms with Crippen LogP contribution >= 0.6 is 23.4 Å². The van der Waals surface area contributed by atoms with Gasteiger partial charge in [0.2, 0.25) is 11.1 Å². The Labute approximate surface area is 159 Å². The summed E-state index contributed by atoms with van der Waals surface area (Å²) in [7, 11) is 0. The predicted octanol–water partition coefficient (Wildman–Crippen LogP) is 4.69. The molecule has 0 saturated carbocycles. The van der Waals surface area contributed by atoms with E-state index in [0.717, 1.165) is 17.2 Å². The van der Waals surface area contributed by atoms with Crippen LogP contribution in [0.15, 0.2) is 47.6 Å². The van der Waals surface area contributed by atoms with E-state index in [0.29, 0.717) is 16.7 Å². The number of hydrogen-bond donors (Lipinski definition) is 2. The first-order chi connectivity index (χ1) is 12.4. The molecular formula is C18H16ClFN4OS. The number of aryl methyl sites for hydroxylation is 1. The minimum atomic E-state index is -0.460. The fourth-order valence-electron chi connectivity index (χ4n) is 2.18. The summed E-state index contributed by atoms with van der Waals surface area (Å²) in [5.74, 6) is -0.0911. The highest BCUT2D eigenvalue weighted by Gasteiger charge is 2.18. The van der Waals surface area contributed by atoms with Crippen molar-refractivity contribution in [3.05, 3.63) is 58.9 Å². The maximum absolute atomic E-state index is 13.1. The van der Waals surface area contributed by atoms with Crippen LogP contribution in [0.4, 0.5) is 10.1 Å². The maximum Gasteiger partial charge on any atom is 0.237 e. The normalized spacial score (nSPS) is 12.0. The van der Waals surface area contributed by atoms with E-state index < -0.39 is 11.1 Å². The molecule has 3 aromatic rings. The zero-order valence-electron chi connectivity index (χ0n) is 14.1. The highest BCUT2D eigenvalue weighted by Crippen LogP contribution is 2.26. The number of carbonyl (C=O) groups excluding carboxylic acids is 1. The van der Waals surface area contributed by atoms with Crippen molar-refractivity contribution in [2.45, 2.75) is 24.3 Å². The number of rotatable bonds is 5. The fourth-order valence-corrected chi connectivity index (χ4v) is 3.12. The number of carbonyl (C=O) groups is 1. The van der Waals surface area contributed by atoms with Crippen molar-refractivity contribution in [1.82, 2.24) is 15.2 Å². The van der Waals surface area contributed by atoms with Crippen molar-refractivity contribution in [2.24, 2.45) is 0 Å². The van der Waals surface area contributed by atoms with Gasteiger partial charge in [-0.3, -0.25) is 9.89 Å². The number of H-pyrrole nitrogens is 1. The number of hydrogen-bond acceptors (Lipinski definition) is 4. The number of anilines is 1. The Kier molecular flexibility index (Phi) is 5.58. The summed E-state index contributed by atoms with van der Waals surface area (Å²) in [5.41, 5.74) is 2.44. The number of nitrogens with one attached hydrogen (secondary N) is 2. The van der Waals surface area contributed by atoms with Gasteiger partial charge in [-0.2, -0.15) is 0 Å². The Balaban J connectivity index is 1.65. The molecule has 134 valence electrons. The number of benzene rings is 2. The molecule has 0 spiro atoms. The molecule has 1 atom stereocenters. The smallest absolute Gasteiger partial charge is 0.237 e. The topological polar surface area (TPSA) is 70.7 Å².